The SMILES string of the molecule is OC1CCCC1[Se]c1ccccc1. The quantitative estimate of drug-likeness (QED) is 0.775. The first-order valence-corrected chi connectivity index (χ1v) is 6.60. The summed E-state index contributed by atoms with van der Waals surface area (Å²) in [5.41, 5.74) is 0. The number of benzene rings is 1. The molecule has 0 aromatic heterocycles. The van der Waals surface area contributed by atoms with Crippen LogP contribution in [0.25, 0.3) is 0 Å². The van der Waals surface area contributed by atoms with Crippen molar-refractivity contribution in [3.8, 4) is 0 Å². The average Bonchev–Trinajstić information content (AvgIpc) is 2.54. The van der Waals surface area contributed by atoms with Gasteiger partial charge in [-0.2, -0.15) is 0 Å². The fraction of sp³-hybridized carbons (Fsp3) is 0.455. The number of hydrogen-bond donors (Lipinski definition) is 1. The number of aliphatic hydroxyl groups is 1. The molecule has 1 aliphatic rings. The molecular formula is C11H14OSe. The molecule has 2 atom stereocenters. The fourth-order valence-electron chi connectivity index (χ4n) is 1.72. The second kappa shape index (κ2) is 4.28. The summed E-state index contributed by atoms with van der Waals surface area (Å²) in [5, 5.41) is 9.67. The molecule has 1 nitrogen and oxygen atoms in total. The molecule has 0 aliphatic heterocycles. The van der Waals surface area contributed by atoms with Crippen molar-refractivity contribution >= 4 is 19.4 Å². The molecule has 13 heavy (non-hydrogen) atoms. The summed E-state index contributed by atoms with van der Waals surface area (Å²) >= 11 is 0.469. The van der Waals surface area contributed by atoms with Crippen LogP contribution in [0.1, 0.15) is 19.3 Å². The van der Waals surface area contributed by atoms with Crippen LogP contribution in [0.5, 0.6) is 0 Å². The first kappa shape index (κ1) is 9.26. The van der Waals surface area contributed by atoms with Crippen LogP contribution in [-0.4, -0.2) is 26.2 Å². The van der Waals surface area contributed by atoms with Crippen molar-refractivity contribution in [2.45, 2.75) is 30.2 Å². The fourth-order valence-corrected chi connectivity index (χ4v) is 4.32. The standard InChI is InChI=1S/C11H14OSe/c12-10-7-4-8-11(10)13-9-5-2-1-3-6-9/h1-3,5-6,10-12H,4,7-8H2. The van der Waals surface area contributed by atoms with Gasteiger partial charge in [0.1, 0.15) is 0 Å². The van der Waals surface area contributed by atoms with Crippen LogP contribution in [-0.2, 0) is 0 Å². The molecule has 0 radical (unpaired) electrons. The summed E-state index contributed by atoms with van der Waals surface area (Å²) in [5.74, 6) is 0. The molecule has 1 aromatic rings. The second-order valence-electron chi connectivity index (χ2n) is 3.47. The number of aliphatic hydroxyl groups excluding tert-OH is 1. The van der Waals surface area contributed by atoms with E-state index in [9.17, 15) is 5.11 Å². The predicted molar refractivity (Wildman–Crippen MR) is 55.4 cm³/mol. The van der Waals surface area contributed by atoms with E-state index in [1.807, 2.05) is 6.07 Å². The Morgan fingerprint density at radius 1 is 1.15 bits per heavy atom. The summed E-state index contributed by atoms with van der Waals surface area (Å²) in [6, 6.07) is 10.6. The van der Waals surface area contributed by atoms with E-state index in [1.54, 1.807) is 0 Å². The van der Waals surface area contributed by atoms with Crippen LogP contribution in [0.4, 0.5) is 0 Å². The third-order valence-electron chi connectivity index (χ3n) is 2.45. The maximum absolute atomic E-state index is 9.67. The van der Waals surface area contributed by atoms with Crippen molar-refractivity contribution in [3.63, 3.8) is 0 Å². The monoisotopic (exact) mass is 242 g/mol. The van der Waals surface area contributed by atoms with E-state index in [2.05, 4.69) is 24.3 Å². The van der Waals surface area contributed by atoms with Gasteiger partial charge >= 0.3 is 85.0 Å². The molecule has 0 amide bonds. The van der Waals surface area contributed by atoms with Gasteiger partial charge in [0.15, 0.2) is 0 Å². The van der Waals surface area contributed by atoms with E-state index in [4.69, 9.17) is 0 Å². The summed E-state index contributed by atoms with van der Waals surface area (Å²) < 4.78 is 1.42. The van der Waals surface area contributed by atoms with Gasteiger partial charge in [0, 0.05) is 0 Å². The van der Waals surface area contributed by atoms with Gasteiger partial charge in [-0.25, -0.2) is 0 Å². The second-order valence-corrected chi connectivity index (χ2v) is 6.22. The van der Waals surface area contributed by atoms with Crippen molar-refractivity contribution in [3.05, 3.63) is 30.3 Å². The molecule has 0 heterocycles. The Morgan fingerprint density at radius 2 is 1.92 bits per heavy atom. The third kappa shape index (κ3) is 2.34. The zero-order valence-corrected chi connectivity index (χ0v) is 9.23. The van der Waals surface area contributed by atoms with E-state index in [0.29, 0.717) is 19.8 Å². The molecule has 1 aliphatic carbocycles. The molecule has 2 rings (SSSR count). The first-order valence-electron chi connectivity index (χ1n) is 4.76. The molecule has 2 heteroatoms. The van der Waals surface area contributed by atoms with Crippen molar-refractivity contribution < 1.29 is 5.11 Å². The van der Waals surface area contributed by atoms with Crippen molar-refractivity contribution in [1.29, 1.82) is 0 Å². The van der Waals surface area contributed by atoms with Crippen LogP contribution in [0.15, 0.2) is 30.3 Å². The van der Waals surface area contributed by atoms with Crippen molar-refractivity contribution in [1.82, 2.24) is 0 Å². The van der Waals surface area contributed by atoms with Gasteiger partial charge in [-0.15, -0.1) is 0 Å². The molecular weight excluding hydrogens is 227 g/mol. The summed E-state index contributed by atoms with van der Waals surface area (Å²) in [6.45, 7) is 0. The molecule has 1 saturated carbocycles. The summed E-state index contributed by atoms with van der Waals surface area (Å²) in [6.07, 6.45) is 3.41. The molecule has 70 valence electrons. The minimum atomic E-state index is -0.0276. The molecule has 1 N–H and O–H groups in total. The molecule has 0 bridgehead atoms. The zero-order valence-electron chi connectivity index (χ0n) is 7.52. The Morgan fingerprint density at radius 3 is 2.54 bits per heavy atom. The molecule has 1 aromatic carbocycles. The number of hydrogen-bond acceptors (Lipinski definition) is 1. The topological polar surface area (TPSA) is 20.2 Å². The van der Waals surface area contributed by atoms with E-state index < -0.39 is 0 Å². The Bertz CT molecular complexity index is 260. The van der Waals surface area contributed by atoms with Crippen molar-refractivity contribution in [2.75, 3.05) is 0 Å². The number of rotatable bonds is 2. The van der Waals surface area contributed by atoms with E-state index in [-0.39, 0.29) is 6.10 Å². The molecule has 2 unspecified atom stereocenters. The van der Waals surface area contributed by atoms with Crippen molar-refractivity contribution in [2.24, 2.45) is 0 Å². The van der Waals surface area contributed by atoms with Gasteiger partial charge in [-0.3, -0.25) is 0 Å². The Labute approximate surface area is 85.3 Å². The van der Waals surface area contributed by atoms with Gasteiger partial charge in [0.25, 0.3) is 0 Å². The van der Waals surface area contributed by atoms with Gasteiger partial charge < -0.3 is 0 Å². The Kier molecular flexibility index (Phi) is 3.05. The molecule has 0 saturated heterocycles. The first-order chi connectivity index (χ1) is 6.36. The van der Waals surface area contributed by atoms with Gasteiger partial charge in [-0.05, 0) is 0 Å². The average molecular weight is 241 g/mol. The molecule has 0 spiro atoms. The minimum absolute atomic E-state index is 0.0276. The van der Waals surface area contributed by atoms with E-state index in [0.717, 1.165) is 6.42 Å². The maximum atomic E-state index is 9.67. The van der Waals surface area contributed by atoms with E-state index in [1.165, 1.54) is 17.3 Å². The van der Waals surface area contributed by atoms with Crippen LogP contribution in [0, 0.1) is 0 Å². The van der Waals surface area contributed by atoms with E-state index >= 15 is 0 Å². The van der Waals surface area contributed by atoms with Gasteiger partial charge in [-0.1, -0.05) is 0 Å². The Hall–Kier alpha value is -0.301. The van der Waals surface area contributed by atoms with Crippen LogP contribution in [0.2, 0.25) is 4.82 Å². The van der Waals surface area contributed by atoms with Gasteiger partial charge in [0.2, 0.25) is 0 Å². The zero-order chi connectivity index (χ0) is 9.10. The van der Waals surface area contributed by atoms with Gasteiger partial charge in [0.05, 0.1) is 0 Å². The van der Waals surface area contributed by atoms with Crippen LogP contribution >= 0.6 is 0 Å². The van der Waals surface area contributed by atoms with Crippen LogP contribution < -0.4 is 4.46 Å². The predicted octanol–water partition coefficient (Wildman–Crippen LogP) is 1.35. The Balaban J connectivity index is 1.98. The van der Waals surface area contributed by atoms with Crippen LogP contribution in [0.3, 0.4) is 0 Å². The normalized spacial score (nSPS) is 27.8. The molecule has 1 fully saturated rings. The third-order valence-corrected chi connectivity index (χ3v) is 5.38. The summed E-state index contributed by atoms with van der Waals surface area (Å²) in [4.78, 5) is 0.565. The summed E-state index contributed by atoms with van der Waals surface area (Å²) in [7, 11) is 0.